The zero-order valence-electron chi connectivity index (χ0n) is 11.8. The molecular formula is C14H21FN2O2S. The van der Waals surface area contributed by atoms with E-state index in [0.717, 1.165) is 18.4 Å². The Morgan fingerprint density at radius 1 is 1.35 bits per heavy atom. The summed E-state index contributed by atoms with van der Waals surface area (Å²) in [7, 11) is -3.74. The molecule has 1 aliphatic carbocycles. The molecule has 1 saturated carbocycles. The Morgan fingerprint density at radius 2 is 2.05 bits per heavy atom. The van der Waals surface area contributed by atoms with Crippen LogP contribution in [0.4, 0.5) is 4.39 Å². The fourth-order valence-electron chi connectivity index (χ4n) is 1.82. The number of sulfonamides is 1. The Morgan fingerprint density at radius 3 is 2.60 bits per heavy atom. The fraction of sp³-hybridized carbons (Fsp3) is 0.571. The summed E-state index contributed by atoms with van der Waals surface area (Å²) < 4.78 is 40.4. The number of hydrogen-bond donors (Lipinski definition) is 2. The number of nitrogens with one attached hydrogen (secondary N) is 2. The molecule has 0 atom stereocenters. The van der Waals surface area contributed by atoms with Gasteiger partial charge in [-0.05, 0) is 36.5 Å². The SMILES string of the molecule is CC(C)NCc1ccc(S(=O)(=O)NCC2CC2)c(F)c1. The minimum atomic E-state index is -3.74. The number of halogens is 1. The molecule has 2 N–H and O–H groups in total. The molecule has 0 amide bonds. The van der Waals surface area contributed by atoms with Crippen molar-refractivity contribution in [2.75, 3.05) is 6.54 Å². The van der Waals surface area contributed by atoms with Crippen molar-refractivity contribution in [3.05, 3.63) is 29.6 Å². The van der Waals surface area contributed by atoms with Crippen LogP contribution in [0.25, 0.3) is 0 Å². The average molecular weight is 300 g/mol. The second kappa shape index (κ2) is 6.20. The van der Waals surface area contributed by atoms with Gasteiger partial charge in [0, 0.05) is 19.1 Å². The van der Waals surface area contributed by atoms with Gasteiger partial charge in [0.05, 0.1) is 0 Å². The molecule has 0 bridgehead atoms. The molecule has 0 aromatic heterocycles. The van der Waals surface area contributed by atoms with Gasteiger partial charge in [0.15, 0.2) is 0 Å². The summed E-state index contributed by atoms with van der Waals surface area (Å²) in [6.45, 7) is 4.91. The molecule has 1 aromatic carbocycles. The van der Waals surface area contributed by atoms with Crippen molar-refractivity contribution < 1.29 is 12.8 Å². The summed E-state index contributed by atoms with van der Waals surface area (Å²) in [4.78, 5) is -0.272. The van der Waals surface area contributed by atoms with E-state index in [0.29, 0.717) is 25.0 Å². The van der Waals surface area contributed by atoms with Gasteiger partial charge < -0.3 is 5.32 Å². The van der Waals surface area contributed by atoms with Crippen LogP contribution in [0.5, 0.6) is 0 Å². The maximum Gasteiger partial charge on any atom is 0.243 e. The minimum absolute atomic E-state index is 0.272. The highest BCUT2D eigenvalue weighted by Crippen LogP contribution is 2.28. The first-order valence-electron chi connectivity index (χ1n) is 6.90. The van der Waals surface area contributed by atoms with Gasteiger partial charge in [-0.25, -0.2) is 17.5 Å². The maximum atomic E-state index is 14.0. The summed E-state index contributed by atoms with van der Waals surface area (Å²) >= 11 is 0. The maximum absolute atomic E-state index is 14.0. The van der Waals surface area contributed by atoms with E-state index in [4.69, 9.17) is 0 Å². The van der Waals surface area contributed by atoms with Crippen molar-refractivity contribution in [1.82, 2.24) is 10.0 Å². The van der Waals surface area contributed by atoms with Crippen molar-refractivity contribution in [2.24, 2.45) is 5.92 Å². The van der Waals surface area contributed by atoms with Gasteiger partial charge in [0.2, 0.25) is 10.0 Å². The van der Waals surface area contributed by atoms with Gasteiger partial charge in [-0.15, -0.1) is 0 Å². The van der Waals surface area contributed by atoms with E-state index in [1.54, 1.807) is 6.07 Å². The second-order valence-corrected chi connectivity index (χ2v) is 7.33. The Balaban J connectivity index is 2.07. The molecule has 1 aliphatic rings. The first-order chi connectivity index (χ1) is 9.38. The molecule has 0 radical (unpaired) electrons. The molecular weight excluding hydrogens is 279 g/mol. The second-order valence-electron chi connectivity index (χ2n) is 5.60. The molecule has 0 spiro atoms. The Hall–Kier alpha value is -0.980. The van der Waals surface area contributed by atoms with Gasteiger partial charge in [-0.3, -0.25) is 0 Å². The van der Waals surface area contributed by atoms with Crippen LogP contribution in [0.3, 0.4) is 0 Å². The Kier molecular flexibility index (Phi) is 4.78. The topological polar surface area (TPSA) is 58.2 Å². The molecule has 2 rings (SSSR count). The molecule has 20 heavy (non-hydrogen) atoms. The Bertz CT molecular complexity index is 569. The molecule has 1 aromatic rings. The molecule has 6 heteroatoms. The Labute approximate surface area is 119 Å². The van der Waals surface area contributed by atoms with Crippen LogP contribution in [-0.2, 0) is 16.6 Å². The monoisotopic (exact) mass is 300 g/mol. The van der Waals surface area contributed by atoms with Crippen LogP contribution in [0.1, 0.15) is 32.3 Å². The van der Waals surface area contributed by atoms with E-state index in [1.807, 2.05) is 13.8 Å². The molecule has 0 aliphatic heterocycles. The number of hydrogen-bond acceptors (Lipinski definition) is 3. The van der Waals surface area contributed by atoms with Crippen molar-refractivity contribution in [3.63, 3.8) is 0 Å². The van der Waals surface area contributed by atoms with E-state index in [-0.39, 0.29) is 4.90 Å². The van der Waals surface area contributed by atoms with Crippen LogP contribution < -0.4 is 10.0 Å². The first-order valence-corrected chi connectivity index (χ1v) is 8.38. The van der Waals surface area contributed by atoms with Gasteiger partial charge in [0.1, 0.15) is 10.7 Å². The summed E-state index contributed by atoms with van der Waals surface area (Å²) in [6, 6.07) is 4.55. The van der Waals surface area contributed by atoms with E-state index in [9.17, 15) is 12.8 Å². The lowest BCUT2D eigenvalue weighted by atomic mass is 10.2. The lowest BCUT2D eigenvalue weighted by molar-refractivity contribution is 0.549. The van der Waals surface area contributed by atoms with E-state index >= 15 is 0 Å². The van der Waals surface area contributed by atoms with Crippen molar-refractivity contribution >= 4 is 10.0 Å². The first kappa shape index (κ1) is 15.4. The standard InChI is InChI=1S/C14H21FN2O2S/c1-10(2)16-8-12-5-6-14(13(15)7-12)20(18,19)17-9-11-3-4-11/h5-7,10-11,16-17H,3-4,8-9H2,1-2H3. The molecule has 0 saturated heterocycles. The predicted octanol–water partition coefficient (Wildman–Crippen LogP) is 2.01. The predicted molar refractivity (Wildman–Crippen MR) is 76.3 cm³/mol. The van der Waals surface area contributed by atoms with Crippen LogP contribution in [0, 0.1) is 11.7 Å². The summed E-state index contributed by atoms with van der Waals surface area (Å²) in [5.41, 5.74) is 0.734. The third-order valence-corrected chi connectivity index (χ3v) is 4.72. The molecule has 4 nitrogen and oxygen atoms in total. The third-order valence-electron chi connectivity index (χ3n) is 3.26. The van der Waals surface area contributed by atoms with E-state index in [2.05, 4.69) is 10.0 Å². The highest BCUT2D eigenvalue weighted by atomic mass is 32.2. The molecule has 0 heterocycles. The summed E-state index contributed by atoms with van der Waals surface area (Å²) in [6.07, 6.45) is 2.09. The normalized spacial score (nSPS) is 15.8. The quantitative estimate of drug-likeness (QED) is 0.810. The summed E-state index contributed by atoms with van der Waals surface area (Å²) in [5, 5.41) is 3.16. The van der Waals surface area contributed by atoms with E-state index in [1.165, 1.54) is 12.1 Å². The smallest absolute Gasteiger partial charge is 0.243 e. The van der Waals surface area contributed by atoms with Crippen molar-refractivity contribution in [1.29, 1.82) is 0 Å². The summed E-state index contributed by atoms with van der Waals surface area (Å²) in [5.74, 6) is -0.279. The van der Waals surface area contributed by atoms with Gasteiger partial charge in [-0.1, -0.05) is 19.9 Å². The highest BCUT2D eigenvalue weighted by Gasteiger charge is 2.25. The number of rotatable bonds is 7. The van der Waals surface area contributed by atoms with Crippen molar-refractivity contribution in [2.45, 2.75) is 44.2 Å². The van der Waals surface area contributed by atoms with Gasteiger partial charge in [0.25, 0.3) is 0 Å². The lowest BCUT2D eigenvalue weighted by Gasteiger charge is -2.10. The molecule has 1 fully saturated rings. The average Bonchev–Trinajstić information content (AvgIpc) is 3.18. The van der Waals surface area contributed by atoms with Gasteiger partial charge >= 0.3 is 0 Å². The molecule has 0 unspecified atom stereocenters. The third kappa shape index (κ3) is 4.26. The fourth-order valence-corrected chi connectivity index (χ4v) is 2.99. The lowest BCUT2D eigenvalue weighted by Crippen LogP contribution is -2.27. The zero-order valence-corrected chi connectivity index (χ0v) is 12.6. The van der Waals surface area contributed by atoms with Gasteiger partial charge in [-0.2, -0.15) is 0 Å². The van der Waals surface area contributed by atoms with Crippen LogP contribution in [-0.4, -0.2) is 21.0 Å². The van der Waals surface area contributed by atoms with Crippen LogP contribution in [0.2, 0.25) is 0 Å². The van der Waals surface area contributed by atoms with Crippen LogP contribution >= 0.6 is 0 Å². The zero-order chi connectivity index (χ0) is 14.8. The highest BCUT2D eigenvalue weighted by molar-refractivity contribution is 7.89. The largest absolute Gasteiger partial charge is 0.310 e. The molecule has 112 valence electrons. The van der Waals surface area contributed by atoms with Crippen LogP contribution in [0.15, 0.2) is 23.1 Å². The number of benzene rings is 1. The minimum Gasteiger partial charge on any atom is -0.310 e. The van der Waals surface area contributed by atoms with Crippen molar-refractivity contribution in [3.8, 4) is 0 Å². The van der Waals surface area contributed by atoms with E-state index < -0.39 is 15.8 Å².